The second kappa shape index (κ2) is 7.99. The van der Waals surface area contributed by atoms with Gasteiger partial charge in [-0.05, 0) is 43.5 Å². The van der Waals surface area contributed by atoms with Crippen LogP contribution in [0.1, 0.15) is 40.0 Å². The van der Waals surface area contributed by atoms with Crippen molar-refractivity contribution < 1.29 is 0 Å². The van der Waals surface area contributed by atoms with E-state index < -0.39 is 0 Å². The third-order valence-corrected chi connectivity index (χ3v) is 2.80. The van der Waals surface area contributed by atoms with Gasteiger partial charge in [-0.2, -0.15) is 0 Å². The van der Waals surface area contributed by atoms with Crippen LogP contribution in [0.25, 0.3) is 0 Å². The summed E-state index contributed by atoms with van der Waals surface area (Å²) >= 11 is 0. The summed E-state index contributed by atoms with van der Waals surface area (Å²) in [5, 5.41) is 3.41. The molecule has 1 aromatic rings. The van der Waals surface area contributed by atoms with E-state index in [4.69, 9.17) is 0 Å². The highest BCUT2D eigenvalue weighted by Crippen LogP contribution is 2.18. The Kier molecular flexibility index (Phi) is 6.53. The molecule has 0 fully saturated rings. The fourth-order valence-corrected chi connectivity index (χ4v) is 1.97. The van der Waals surface area contributed by atoms with Gasteiger partial charge in [-0.15, -0.1) is 0 Å². The van der Waals surface area contributed by atoms with Crippen LogP contribution in [-0.4, -0.2) is 19.6 Å². The maximum absolute atomic E-state index is 3.41. The van der Waals surface area contributed by atoms with Crippen LogP contribution in [0.2, 0.25) is 0 Å². The second-order valence-corrected chi connectivity index (χ2v) is 4.46. The van der Waals surface area contributed by atoms with Gasteiger partial charge in [0.2, 0.25) is 0 Å². The normalized spacial score (nSPS) is 10.3. The highest BCUT2D eigenvalue weighted by atomic mass is 15.1. The van der Waals surface area contributed by atoms with E-state index in [1.807, 2.05) is 0 Å². The monoisotopic (exact) mass is 234 g/mol. The molecule has 17 heavy (non-hydrogen) atoms. The summed E-state index contributed by atoms with van der Waals surface area (Å²) in [6.07, 6.45) is 3.57. The predicted molar refractivity (Wildman–Crippen MR) is 78.0 cm³/mol. The van der Waals surface area contributed by atoms with Crippen molar-refractivity contribution in [3.8, 4) is 0 Å². The van der Waals surface area contributed by atoms with Crippen LogP contribution in [0.3, 0.4) is 0 Å². The number of hydrogen-bond donors (Lipinski definition) is 1. The first kappa shape index (κ1) is 13.9. The summed E-state index contributed by atoms with van der Waals surface area (Å²) in [6, 6.07) is 8.82. The minimum atomic E-state index is 1.05. The van der Waals surface area contributed by atoms with Crippen LogP contribution in [0, 0.1) is 0 Å². The van der Waals surface area contributed by atoms with Crippen LogP contribution in [-0.2, 0) is 0 Å². The summed E-state index contributed by atoms with van der Waals surface area (Å²) in [5.74, 6) is 0. The van der Waals surface area contributed by atoms with Gasteiger partial charge in [-0.25, -0.2) is 0 Å². The van der Waals surface area contributed by atoms with Gasteiger partial charge in [-0.1, -0.05) is 20.8 Å². The van der Waals surface area contributed by atoms with Crippen molar-refractivity contribution in [3.05, 3.63) is 24.3 Å². The Labute approximate surface area is 106 Å². The van der Waals surface area contributed by atoms with Crippen molar-refractivity contribution in [2.24, 2.45) is 0 Å². The van der Waals surface area contributed by atoms with Gasteiger partial charge < -0.3 is 10.2 Å². The van der Waals surface area contributed by atoms with Crippen LogP contribution in [0.15, 0.2) is 24.3 Å². The first-order valence-corrected chi connectivity index (χ1v) is 6.90. The Morgan fingerprint density at radius 1 is 0.882 bits per heavy atom. The van der Waals surface area contributed by atoms with E-state index in [9.17, 15) is 0 Å². The van der Waals surface area contributed by atoms with Gasteiger partial charge >= 0.3 is 0 Å². The quantitative estimate of drug-likeness (QED) is 0.727. The molecule has 0 radical (unpaired) electrons. The van der Waals surface area contributed by atoms with Gasteiger partial charge in [0.25, 0.3) is 0 Å². The van der Waals surface area contributed by atoms with E-state index in [0.717, 1.165) is 19.6 Å². The minimum absolute atomic E-state index is 1.05. The molecule has 0 aliphatic heterocycles. The average Bonchev–Trinajstić information content (AvgIpc) is 2.37. The van der Waals surface area contributed by atoms with E-state index in [1.165, 1.54) is 30.6 Å². The maximum atomic E-state index is 3.41. The summed E-state index contributed by atoms with van der Waals surface area (Å²) in [5.41, 5.74) is 2.57. The van der Waals surface area contributed by atoms with E-state index >= 15 is 0 Å². The average molecular weight is 234 g/mol. The number of benzene rings is 1. The van der Waals surface area contributed by atoms with Gasteiger partial charge in [0, 0.05) is 31.0 Å². The van der Waals surface area contributed by atoms with Gasteiger partial charge in [-0.3, -0.25) is 0 Å². The molecule has 1 aromatic carbocycles. The lowest BCUT2D eigenvalue weighted by Crippen LogP contribution is -2.24. The topological polar surface area (TPSA) is 15.3 Å². The maximum Gasteiger partial charge on any atom is 0.0367 e. The Morgan fingerprint density at radius 2 is 1.47 bits per heavy atom. The van der Waals surface area contributed by atoms with Gasteiger partial charge in [0.05, 0.1) is 0 Å². The predicted octanol–water partition coefficient (Wildman–Crippen LogP) is 4.13. The van der Waals surface area contributed by atoms with Crippen molar-refractivity contribution in [2.45, 2.75) is 40.0 Å². The zero-order chi connectivity index (χ0) is 12.5. The molecule has 0 aromatic heterocycles. The molecule has 2 nitrogen and oxygen atoms in total. The first-order valence-electron chi connectivity index (χ1n) is 6.90. The Balaban J connectivity index is 2.63. The molecular formula is C15H26N2. The first-order chi connectivity index (χ1) is 8.31. The Morgan fingerprint density at radius 3 is 1.94 bits per heavy atom. The van der Waals surface area contributed by atoms with Gasteiger partial charge in [0.15, 0.2) is 0 Å². The third kappa shape index (κ3) is 4.68. The lowest BCUT2D eigenvalue weighted by molar-refractivity contribution is 0.745. The summed E-state index contributed by atoms with van der Waals surface area (Å²) < 4.78 is 0. The molecule has 96 valence electrons. The zero-order valence-corrected chi connectivity index (χ0v) is 11.5. The smallest absolute Gasteiger partial charge is 0.0367 e. The fourth-order valence-electron chi connectivity index (χ4n) is 1.97. The van der Waals surface area contributed by atoms with Crippen LogP contribution in [0.4, 0.5) is 11.4 Å². The Hall–Kier alpha value is -1.18. The Bertz CT molecular complexity index is 286. The number of hydrogen-bond acceptors (Lipinski definition) is 2. The molecule has 2 heteroatoms. The molecule has 0 bridgehead atoms. The molecular weight excluding hydrogens is 208 g/mol. The molecule has 0 saturated carbocycles. The largest absolute Gasteiger partial charge is 0.385 e. The molecule has 0 aliphatic rings. The summed E-state index contributed by atoms with van der Waals surface area (Å²) in [7, 11) is 0. The van der Waals surface area contributed by atoms with Crippen LogP contribution >= 0.6 is 0 Å². The lowest BCUT2D eigenvalue weighted by Gasteiger charge is -2.24. The van der Waals surface area contributed by atoms with Gasteiger partial charge in [0.1, 0.15) is 0 Å². The fraction of sp³-hybridized carbons (Fsp3) is 0.600. The van der Waals surface area contributed by atoms with E-state index in [2.05, 4.69) is 55.3 Å². The summed E-state index contributed by atoms with van der Waals surface area (Å²) in [6.45, 7) is 10.0. The molecule has 0 aliphatic carbocycles. The highest BCUT2D eigenvalue weighted by molar-refractivity contribution is 5.55. The number of anilines is 2. The van der Waals surface area contributed by atoms with E-state index in [-0.39, 0.29) is 0 Å². The molecule has 0 saturated heterocycles. The molecule has 1 N–H and O–H groups in total. The zero-order valence-electron chi connectivity index (χ0n) is 11.5. The van der Waals surface area contributed by atoms with Crippen molar-refractivity contribution in [3.63, 3.8) is 0 Å². The van der Waals surface area contributed by atoms with Crippen molar-refractivity contribution in [1.29, 1.82) is 0 Å². The molecule has 0 atom stereocenters. The van der Waals surface area contributed by atoms with Crippen molar-refractivity contribution in [1.82, 2.24) is 0 Å². The van der Waals surface area contributed by atoms with Crippen LogP contribution in [0.5, 0.6) is 0 Å². The number of nitrogens with zero attached hydrogens (tertiary/aromatic N) is 1. The summed E-state index contributed by atoms with van der Waals surface area (Å²) in [4.78, 5) is 2.46. The molecule has 0 heterocycles. The van der Waals surface area contributed by atoms with E-state index in [0.29, 0.717) is 0 Å². The molecule has 1 rings (SSSR count). The highest BCUT2D eigenvalue weighted by Gasteiger charge is 2.03. The SMILES string of the molecule is CCCNc1ccc(N(CCC)CCC)cc1. The minimum Gasteiger partial charge on any atom is -0.385 e. The van der Waals surface area contributed by atoms with E-state index in [1.54, 1.807) is 0 Å². The number of rotatable bonds is 8. The molecule has 0 amide bonds. The molecule has 0 spiro atoms. The lowest BCUT2D eigenvalue weighted by atomic mass is 10.2. The van der Waals surface area contributed by atoms with Crippen LogP contribution < -0.4 is 10.2 Å². The number of nitrogens with one attached hydrogen (secondary N) is 1. The standard InChI is InChI=1S/C15H26N2/c1-4-11-16-14-7-9-15(10-8-14)17(12-5-2)13-6-3/h7-10,16H,4-6,11-13H2,1-3H3. The van der Waals surface area contributed by atoms with Crippen molar-refractivity contribution in [2.75, 3.05) is 29.9 Å². The van der Waals surface area contributed by atoms with Crippen molar-refractivity contribution >= 4 is 11.4 Å². The second-order valence-electron chi connectivity index (χ2n) is 4.46. The molecule has 0 unspecified atom stereocenters. The third-order valence-electron chi connectivity index (χ3n) is 2.80.